The third kappa shape index (κ3) is 46.1. The molecule has 0 radical (unpaired) electrons. The molecule has 0 aliphatic rings. The van der Waals surface area contributed by atoms with Crippen molar-refractivity contribution < 1.29 is 62.0 Å². The van der Waals surface area contributed by atoms with Crippen LogP contribution in [0.1, 0.15) is 92.6 Å². The Morgan fingerprint density at radius 3 is 0.962 bits per heavy atom. The fraction of sp³-hybridized carbons (Fsp3) is 0.176. The number of halogens is 5. The summed E-state index contributed by atoms with van der Waals surface area (Å²) < 4.78 is 108. The number of nitrogens with two attached hydrogens (primary N) is 6. The van der Waals surface area contributed by atoms with E-state index in [0.717, 1.165) is 70.7 Å². The predicted octanol–water partition coefficient (Wildman–Crippen LogP) is 15.3. The molecular weight excluding hydrogens is 1880 g/mol. The first-order chi connectivity index (χ1) is 59.8. The monoisotopic (exact) mass is 1970 g/mol. The summed E-state index contributed by atoms with van der Waals surface area (Å²) in [5.74, 6) is -0.712. The van der Waals surface area contributed by atoms with Gasteiger partial charge >= 0.3 is 7.12 Å². The minimum atomic E-state index is -3.67. The summed E-state index contributed by atoms with van der Waals surface area (Å²) in [5, 5.41) is 63.0. The number of sulfonamides is 4. The van der Waals surface area contributed by atoms with E-state index in [0.29, 0.717) is 71.1 Å². The van der Waals surface area contributed by atoms with Gasteiger partial charge in [0.25, 0.3) is 11.4 Å². The third-order valence-corrected chi connectivity index (χ3v) is 21.2. The van der Waals surface area contributed by atoms with Gasteiger partial charge in [-0.05, 0) is 118 Å². The average molecular weight is 1980 g/mol. The van der Waals surface area contributed by atoms with Crippen LogP contribution in [-0.4, -0.2) is 109 Å². The Labute approximate surface area is 782 Å². The van der Waals surface area contributed by atoms with Gasteiger partial charge in [-0.1, -0.05) is 247 Å². The van der Waals surface area contributed by atoms with Crippen molar-refractivity contribution in [3.05, 3.63) is 359 Å². The van der Waals surface area contributed by atoms with Crippen molar-refractivity contribution in [1.82, 2.24) is 46.0 Å². The van der Waals surface area contributed by atoms with E-state index in [9.17, 15) is 62.3 Å². The van der Waals surface area contributed by atoms with Crippen molar-refractivity contribution in [2.45, 2.75) is 97.0 Å². The van der Waals surface area contributed by atoms with Gasteiger partial charge in [-0.15, -0.1) is 0 Å². The molecule has 18 N–H and O–H groups in total. The first-order valence-electron chi connectivity index (χ1n) is 37.4. The lowest BCUT2D eigenvalue weighted by Crippen LogP contribution is -2.32. The molecule has 34 nitrogen and oxygen atoms in total. The molecule has 0 saturated carbocycles. The Hall–Kier alpha value is -11.5. The van der Waals surface area contributed by atoms with Crippen molar-refractivity contribution in [3.63, 3.8) is 0 Å². The number of anilines is 4. The standard InChI is InChI=1S/C19H20N4O2S.2C12H11ClN2.C8H11BO2.C7H6ClNO4S.C7H8N2O4S.2C7H10N2O2S.C4H2Cl2N2.2CH4.H3N/c1-2-15-7-3-4-9-17(15)18-11-19(22-13-21-18)23-16-8-5-6-14(10-16)12-26(20,24)25;2*1-2-9-5-3-4-6-10(9)11-7-12(13)15-8-14-11;1-2-7-5-3-4-6-8(7)9(10)11;2*8-14(12,13)5-6-2-1-3-7(4-6)9(10)11;2*8-7-3-1-2-6(4-7)5-12(9,10)11;5-3-1-4(6)8-2-7-3;;;/h3-11,13H,2,12H2,1H3,(H2,20,24,25)(H,21,22,23);2*3-8H,2H2,1H3;3-6,10-11H,2H2,1H3;1-4H,5H2;1-4H,5H2,(H2,8,12,13);2*1-4H,5,8H2,(H2,9,10,11);1-2H;2*1H4;1H3. The normalized spacial score (nSPS) is 10.5. The Bertz CT molecular complexity index is 6160. The summed E-state index contributed by atoms with van der Waals surface area (Å²) in [5.41, 5.74) is 26.1. The molecule has 13 rings (SSSR count). The van der Waals surface area contributed by atoms with E-state index in [2.05, 4.69) is 96.3 Å². The predicted molar refractivity (Wildman–Crippen MR) is 520 cm³/mol. The number of nitrogen functional groups attached to an aromatic ring is 2. The van der Waals surface area contributed by atoms with E-state index in [4.69, 9.17) is 99.2 Å². The summed E-state index contributed by atoms with van der Waals surface area (Å²) >= 11 is 22.5. The maximum absolute atomic E-state index is 11.3. The SMILES string of the molecule is C.C.CCc1ccccc1-c1cc(Cl)ncn1.CCc1ccccc1-c1cc(Cl)ncn1.CCc1ccccc1-c1cc(Nc2cccc(CS(N)(=O)=O)c2)ncn1.CCc1ccccc1B(O)O.Clc1cc(Cl)ncn1.N.NS(=O)(=O)Cc1cccc([N+](=O)[O-])c1.Nc1cccc(CS(N)(=O)=O)c1.Nc1cccc(CS(N)(=O)=O)c1.O=[N+]([O-])c1cccc(CS(=O)(=O)Cl)c1. The van der Waals surface area contributed by atoms with Crippen LogP contribution in [-0.2, 0) is 104 Å². The zero-order valence-corrected chi connectivity index (χ0v) is 76.9. The van der Waals surface area contributed by atoms with Gasteiger partial charge in [-0.2, -0.15) is 0 Å². The minimum Gasteiger partial charge on any atom is -0.423 e. The summed E-state index contributed by atoms with van der Waals surface area (Å²) in [6.07, 6.45) is 9.51. The van der Waals surface area contributed by atoms with Crippen LogP contribution in [0, 0.1) is 20.2 Å². The third-order valence-electron chi connectivity index (χ3n) is 16.4. The highest BCUT2D eigenvalue weighted by molar-refractivity contribution is 8.13. The van der Waals surface area contributed by atoms with Crippen LogP contribution < -0.4 is 49.0 Å². The van der Waals surface area contributed by atoms with Crippen molar-refractivity contribution in [2.75, 3.05) is 16.8 Å². The topological polar surface area (TPSA) is 604 Å². The van der Waals surface area contributed by atoms with Gasteiger partial charge in [0, 0.05) is 93.0 Å². The van der Waals surface area contributed by atoms with Gasteiger partial charge in [0.2, 0.25) is 49.1 Å². The lowest BCUT2D eigenvalue weighted by atomic mass is 9.76. The maximum Gasteiger partial charge on any atom is 0.488 e. The van der Waals surface area contributed by atoms with Crippen LogP contribution in [0.4, 0.5) is 34.3 Å². The largest absolute Gasteiger partial charge is 0.488 e. The van der Waals surface area contributed by atoms with Gasteiger partial charge in [0.1, 0.15) is 51.7 Å². The zero-order chi connectivity index (χ0) is 94.1. The van der Waals surface area contributed by atoms with Crippen LogP contribution in [0.15, 0.2) is 268 Å². The second-order valence-electron chi connectivity index (χ2n) is 26.4. The molecule has 45 heteroatoms. The molecule has 130 heavy (non-hydrogen) atoms. The number of aromatic nitrogens is 8. The summed E-state index contributed by atoms with van der Waals surface area (Å²) in [7, 11) is -14.1. The number of nitro benzene ring substituents is 2. The molecule has 4 heterocycles. The zero-order valence-electron chi connectivity index (χ0n) is 69.0. The quantitative estimate of drug-likeness (QED) is 0.00752. The molecule has 0 bridgehead atoms. The van der Waals surface area contributed by atoms with Gasteiger partial charge < -0.3 is 33.0 Å². The molecule has 0 spiro atoms. The smallest absolute Gasteiger partial charge is 0.423 e. The fourth-order valence-corrected chi connectivity index (χ4v) is 15.3. The fourth-order valence-electron chi connectivity index (χ4n) is 11.1. The molecule has 0 saturated heterocycles. The summed E-state index contributed by atoms with van der Waals surface area (Å²) in [4.78, 5) is 51.6. The van der Waals surface area contributed by atoms with Crippen molar-refractivity contribution in [3.8, 4) is 33.8 Å². The molecule has 4 aromatic heterocycles. The first-order valence-corrected chi connectivity index (χ1v) is 48.2. The van der Waals surface area contributed by atoms with Crippen LogP contribution in [0.3, 0.4) is 0 Å². The number of aryl methyl sites for hydroxylation is 4. The maximum atomic E-state index is 11.3. The van der Waals surface area contributed by atoms with Crippen LogP contribution in [0.2, 0.25) is 20.6 Å². The van der Waals surface area contributed by atoms with Gasteiger partial charge in [0.05, 0.1) is 55.7 Å². The van der Waals surface area contributed by atoms with E-state index >= 15 is 0 Å². The number of benzene rings is 9. The number of rotatable bonds is 22. The molecule has 0 atom stereocenters. The van der Waals surface area contributed by atoms with E-state index in [1.807, 2.05) is 73.7 Å². The van der Waals surface area contributed by atoms with Gasteiger partial charge in [-0.3, -0.25) is 20.2 Å². The van der Waals surface area contributed by atoms with E-state index in [1.54, 1.807) is 91.0 Å². The number of primary sulfonamides is 4. The highest BCUT2D eigenvalue weighted by Crippen LogP contribution is 2.28. The Morgan fingerprint density at radius 2 is 0.654 bits per heavy atom. The van der Waals surface area contributed by atoms with Crippen LogP contribution >= 0.6 is 57.1 Å². The number of nitro groups is 2. The Kier molecular flexibility index (Phi) is 50.1. The number of hydrogen-bond donors (Lipinski definition) is 10. The molecule has 0 fully saturated rings. The lowest BCUT2D eigenvalue weighted by Gasteiger charge is -2.10. The second-order valence-corrected chi connectivity index (χ2v) is 37.2. The summed E-state index contributed by atoms with van der Waals surface area (Å²) in [6.45, 7) is 8.35. The minimum absolute atomic E-state index is 0. The number of non-ortho nitro benzene ring substituents is 2. The highest BCUT2D eigenvalue weighted by atomic mass is 35.7. The molecule has 9 aromatic carbocycles. The van der Waals surface area contributed by atoms with E-state index < -0.39 is 77.6 Å². The Morgan fingerprint density at radius 1 is 0.362 bits per heavy atom. The molecule has 13 aromatic rings. The average Bonchev–Trinajstić information content (AvgIpc) is 0.831. The number of nitrogens with zero attached hydrogens (tertiary/aromatic N) is 10. The molecular formula is C85H100BCl5N18O16S5. The van der Waals surface area contributed by atoms with E-state index in [1.165, 1.54) is 96.6 Å². The molecule has 0 aliphatic carbocycles. The van der Waals surface area contributed by atoms with Crippen molar-refractivity contribution in [2.24, 2.45) is 20.6 Å². The summed E-state index contributed by atoms with van der Waals surface area (Å²) in [6, 6.07) is 69.8. The number of hydrogen-bond acceptors (Lipinski definition) is 28. The highest BCUT2D eigenvalue weighted by Gasteiger charge is 2.17. The van der Waals surface area contributed by atoms with Gasteiger partial charge in [-0.25, -0.2) is 103 Å². The van der Waals surface area contributed by atoms with Crippen LogP contribution in [0.25, 0.3) is 33.8 Å². The number of nitrogens with one attached hydrogen (secondary N) is 1. The molecule has 0 aliphatic heterocycles. The Balaban J connectivity index is 0.000000502. The van der Waals surface area contributed by atoms with Gasteiger partial charge in [0.15, 0.2) is 0 Å². The molecule has 0 amide bonds. The van der Waals surface area contributed by atoms with Crippen LogP contribution in [0.5, 0.6) is 0 Å². The lowest BCUT2D eigenvalue weighted by molar-refractivity contribution is -0.385. The van der Waals surface area contributed by atoms with Crippen molar-refractivity contribution >= 4 is 153 Å². The molecule has 694 valence electrons. The van der Waals surface area contributed by atoms with Crippen molar-refractivity contribution in [1.29, 1.82) is 0 Å². The second kappa shape index (κ2) is 56.8. The first kappa shape index (κ1) is 115. The van der Waals surface area contributed by atoms with E-state index in [-0.39, 0.29) is 49.6 Å². The molecule has 0 unspecified atom stereocenters.